The Morgan fingerprint density at radius 2 is 2.09 bits per heavy atom. The first-order chi connectivity index (χ1) is 5.38. The first kappa shape index (κ1) is 6.09. The lowest BCUT2D eigenvalue weighted by Crippen LogP contribution is -1.93. The number of fused-ring (bicyclic) bond motifs is 1. The van der Waals surface area contributed by atoms with E-state index in [-0.39, 0.29) is 5.43 Å². The van der Waals surface area contributed by atoms with Crippen LogP contribution in [0.25, 0.3) is 11.0 Å². The molecule has 0 saturated carbocycles. The van der Waals surface area contributed by atoms with Crippen LogP contribution in [0.1, 0.15) is 0 Å². The van der Waals surface area contributed by atoms with Gasteiger partial charge in [0.05, 0.1) is 11.8 Å². The first-order valence-corrected chi connectivity index (χ1v) is 3.30. The third-order valence-corrected chi connectivity index (χ3v) is 1.52. The van der Waals surface area contributed by atoms with Gasteiger partial charge >= 0.3 is 0 Å². The van der Waals surface area contributed by atoms with Crippen molar-refractivity contribution in [2.45, 2.75) is 0 Å². The lowest BCUT2D eigenvalue weighted by molar-refractivity contribution is 1.34. The molecule has 0 amide bonds. The third-order valence-electron chi connectivity index (χ3n) is 1.52. The largest absolute Gasteiger partial charge is 0.344 e. The maximum atomic E-state index is 11.2. The zero-order valence-corrected chi connectivity index (χ0v) is 5.74. The number of aromatic nitrogens is 2. The van der Waals surface area contributed by atoms with E-state index < -0.39 is 0 Å². The quantitative estimate of drug-likeness (QED) is 0.600. The molecule has 0 atom stereocenters. The molecule has 0 radical (unpaired) electrons. The van der Waals surface area contributed by atoms with Crippen molar-refractivity contribution >= 4 is 11.0 Å². The maximum Gasteiger partial charge on any atom is 0.206 e. The van der Waals surface area contributed by atoms with E-state index >= 15 is 0 Å². The first-order valence-electron chi connectivity index (χ1n) is 3.30. The predicted molar refractivity (Wildman–Crippen MR) is 42.4 cm³/mol. The summed E-state index contributed by atoms with van der Waals surface area (Å²) in [6.45, 7) is 0. The summed E-state index contributed by atoms with van der Waals surface area (Å²) in [5.41, 5.74) is 1.22. The molecule has 0 fully saturated rings. The Balaban J connectivity index is 3.09. The Kier molecular flexibility index (Phi) is 1.22. The van der Waals surface area contributed by atoms with Crippen LogP contribution < -0.4 is 5.43 Å². The fraction of sp³-hybridized carbons (Fsp3) is 0. The van der Waals surface area contributed by atoms with Crippen LogP contribution in [0.2, 0.25) is 0 Å². The molecule has 1 N–H and O–H groups in total. The van der Waals surface area contributed by atoms with Crippen LogP contribution in [0.4, 0.5) is 0 Å². The Hall–Kier alpha value is -1.64. The van der Waals surface area contributed by atoms with Gasteiger partial charge in [-0.15, -0.1) is 0 Å². The van der Waals surface area contributed by atoms with E-state index in [0.717, 1.165) is 5.52 Å². The normalized spacial score (nSPS) is 10.2. The van der Waals surface area contributed by atoms with Crippen LogP contribution in [0.3, 0.4) is 0 Å². The number of hydrogen-bond acceptors (Lipinski definition) is 2. The van der Waals surface area contributed by atoms with Crippen molar-refractivity contribution < 1.29 is 0 Å². The summed E-state index contributed by atoms with van der Waals surface area (Å²) in [4.78, 5) is 17.9. The average Bonchev–Trinajstić information content (AvgIpc) is 2.40. The molecule has 0 spiro atoms. The third kappa shape index (κ3) is 0.902. The van der Waals surface area contributed by atoms with Gasteiger partial charge in [-0.25, -0.2) is 4.98 Å². The molecule has 2 rings (SSSR count). The van der Waals surface area contributed by atoms with Gasteiger partial charge in [0.1, 0.15) is 5.52 Å². The van der Waals surface area contributed by atoms with Crippen molar-refractivity contribution in [3.05, 3.63) is 40.8 Å². The predicted octanol–water partition coefficient (Wildman–Crippen LogP) is 0.923. The maximum absolute atomic E-state index is 11.2. The van der Waals surface area contributed by atoms with Crippen molar-refractivity contribution in [1.82, 2.24) is 9.97 Å². The molecule has 0 aliphatic rings. The topological polar surface area (TPSA) is 45.8 Å². The molecule has 54 valence electrons. The molecule has 1 aromatic heterocycles. The fourth-order valence-corrected chi connectivity index (χ4v) is 1.00. The van der Waals surface area contributed by atoms with Crippen LogP contribution in [-0.4, -0.2) is 9.97 Å². The van der Waals surface area contributed by atoms with Gasteiger partial charge in [-0.05, 0) is 12.1 Å². The lowest BCUT2D eigenvalue weighted by Gasteiger charge is -1.72. The lowest BCUT2D eigenvalue weighted by atomic mass is 10.4. The Morgan fingerprint density at radius 3 is 3.00 bits per heavy atom. The van der Waals surface area contributed by atoms with Gasteiger partial charge in [0.2, 0.25) is 5.43 Å². The summed E-state index contributed by atoms with van der Waals surface area (Å²) in [7, 11) is 0. The number of imidazole rings is 1. The van der Waals surface area contributed by atoms with Crippen molar-refractivity contribution in [2.75, 3.05) is 0 Å². The van der Waals surface area contributed by atoms with E-state index in [1.807, 2.05) is 12.1 Å². The van der Waals surface area contributed by atoms with Crippen LogP contribution in [0, 0.1) is 0 Å². The second kappa shape index (κ2) is 2.20. The van der Waals surface area contributed by atoms with Gasteiger partial charge in [-0.2, -0.15) is 0 Å². The molecule has 3 heteroatoms. The van der Waals surface area contributed by atoms with Crippen LogP contribution in [-0.2, 0) is 0 Å². The second-order valence-electron chi connectivity index (χ2n) is 2.25. The SMILES string of the molecule is O=c1ccccc2[nH]cnc12. The van der Waals surface area contributed by atoms with Gasteiger partial charge in [-0.3, -0.25) is 4.79 Å². The van der Waals surface area contributed by atoms with E-state index in [4.69, 9.17) is 0 Å². The minimum atomic E-state index is -0.0498. The summed E-state index contributed by atoms with van der Waals surface area (Å²) in [6, 6.07) is 6.84. The smallest absolute Gasteiger partial charge is 0.206 e. The van der Waals surface area contributed by atoms with E-state index in [1.54, 1.807) is 6.07 Å². The number of nitrogens with one attached hydrogen (secondary N) is 1. The Bertz CT molecular complexity index is 433. The molecule has 0 aliphatic heterocycles. The van der Waals surface area contributed by atoms with E-state index in [1.165, 1.54) is 12.4 Å². The second-order valence-corrected chi connectivity index (χ2v) is 2.25. The zero-order valence-electron chi connectivity index (χ0n) is 5.74. The Labute approximate surface area is 62.7 Å². The summed E-state index contributed by atoms with van der Waals surface area (Å²) < 4.78 is 0. The molecule has 3 nitrogen and oxygen atoms in total. The summed E-state index contributed by atoms with van der Waals surface area (Å²) >= 11 is 0. The van der Waals surface area contributed by atoms with Crippen molar-refractivity contribution in [3.8, 4) is 0 Å². The Morgan fingerprint density at radius 1 is 1.27 bits per heavy atom. The molecule has 0 unspecified atom stereocenters. The van der Waals surface area contributed by atoms with Gasteiger partial charge in [-0.1, -0.05) is 12.1 Å². The molecule has 11 heavy (non-hydrogen) atoms. The van der Waals surface area contributed by atoms with Crippen molar-refractivity contribution in [2.24, 2.45) is 0 Å². The van der Waals surface area contributed by atoms with Crippen LogP contribution >= 0.6 is 0 Å². The standard InChI is InChI=1S/C8H6N2O/c11-7-4-2-1-3-6-8(7)10-5-9-6/h1-5H,(H,9,10). The molecule has 0 saturated heterocycles. The van der Waals surface area contributed by atoms with Crippen LogP contribution in [0.15, 0.2) is 35.4 Å². The van der Waals surface area contributed by atoms with Crippen LogP contribution in [0.5, 0.6) is 0 Å². The number of aromatic amines is 1. The highest BCUT2D eigenvalue weighted by Crippen LogP contribution is 1.99. The molecular formula is C8H6N2O. The minimum Gasteiger partial charge on any atom is -0.344 e. The van der Waals surface area contributed by atoms with Gasteiger partial charge in [0, 0.05) is 0 Å². The molecule has 1 heterocycles. The molecule has 2 aromatic rings. The average molecular weight is 146 g/mol. The highest BCUT2D eigenvalue weighted by atomic mass is 16.1. The van der Waals surface area contributed by atoms with E-state index in [2.05, 4.69) is 9.97 Å². The minimum absolute atomic E-state index is 0.0498. The van der Waals surface area contributed by atoms with Gasteiger partial charge in [0.15, 0.2) is 0 Å². The highest BCUT2D eigenvalue weighted by Gasteiger charge is 1.94. The van der Waals surface area contributed by atoms with E-state index in [9.17, 15) is 4.79 Å². The molecule has 0 aliphatic carbocycles. The van der Waals surface area contributed by atoms with E-state index in [0.29, 0.717) is 5.52 Å². The number of hydrogen-bond donors (Lipinski definition) is 1. The molecular weight excluding hydrogens is 140 g/mol. The number of nitrogens with zero attached hydrogens (tertiary/aromatic N) is 1. The van der Waals surface area contributed by atoms with Gasteiger partial charge in [0.25, 0.3) is 0 Å². The zero-order chi connectivity index (χ0) is 7.68. The number of H-pyrrole nitrogens is 1. The molecule has 1 aromatic carbocycles. The summed E-state index contributed by atoms with van der Waals surface area (Å²) in [5.74, 6) is 0. The van der Waals surface area contributed by atoms with Gasteiger partial charge < -0.3 is 4.98 Å². The monoisotopic (exact) mass is 146 g/mol. The highest BCUT2D eigenvalue weighted by molar-refractivity contribution is 5.72. The summed E-state index contributed by atoms with van der Waals surface area (Å²) in [5, 5.41) is 0. The molecule has 0 bridgehead atoms. The van der Waals surface area contributed by atoms with Crippen molar-refractivity contribution in [1.29, 1.82) is 0 Å². The number of rotatable bonds is 0. The fourth-order valence-electron chi connectivity index (χ4n) is 1.00. The summed E-state index contributed by atoms with van der Waals surface area (Å²) in [6.07, 6.45) is 1.52. The van der Waals surface area contributed by atoms with Crippen molar-refractivity contribution in [3.63, 3.8) is 0 Å².